The number of piperazine rings is 1. The monoisotopic (exact) mass is 444 g/mol. The van der Waals surface area contributed by atoms with Crippen LogP contribution in [0.4, 0.5) is 13.2 Å². The number of sulfonamides is 1. The van der Waals surface area contributed by atoms with Gasteiger partial charge in [-0.15, -0.1) is 0 Å². The van der Waals surface area contributed by atoms with E-state index in [4.69, 9.17) is 16.3 Å². The summed E-state index contributed by atoms with van der Waals surface area (Å²) in [6.07, 6.45) is -5.38. The number of ether oxygens (including phenoxy) is 1. The Bertz CT molecular complexity index is 766. The fourth-order valence-corrected chi connectivity index (χ4v) is 4.75. The maximum atomic E-state index is 12.9. The fraction of sp³-hybridized carbons (Fsp3) is 0.647. The topological polar surface area (TPSA) is 70.1 Å². The molecule has 160 valence electrons. The van der Waals surface area contributed by atoms with Gasteiger partial charge in [-0.3, -0.25) is 4.90 Å². The van der Waals surface area contributed by atoms with Crippen LogP contribution in [0, 0.1) is 0 Å². The number of benzene rings is 1. The molecule has 1 fully saturated rings. The highest BCUT2D eigenvalue weighted by molar-refractivity contribution is 7.89. The number of hydrogen-bond donors (Lipinski definition) is 1. The van der Waals surface area contributed by atoms with Crippen LogP contribution >= 0.6 is 11.6 Å². The summed E-state index contributed by atoms with van der Waals surface area (Å²) in [6.45, 7) is 5.08. The first kappa shape index (κ1) is 23.4. The van der Waals surface area contributed by atoms with Crippen LogP contribution in [0.2, 0.25) is 5.02 Å². The summed E-state index contributed by atoms with van der Waals surface area (Å²) in [5, 5.41) is 9.72. The number of aliphatic hydroxyl groups excluding tert-OH is 1. The van der Waals surface area contributed by atoms with E-state index >= 15 is 0 Å². The molecule has 0 amide bonds. The van der Waals surface area contributed by atoms with Gasteiger partial charge >= 0.3 is 6.18 Å². The standard InChI is InChI=1S/C17H24ClF3N2O4S/c1-12(2)27-11-14(24)10-22-5-7-23(8-6-22)28(25,26)16-9-13(17(19,20)21)3-4-15(16)18/h3-4,9,12,14,24H,5-8,10-11H2,1-2H3. The summed E-state index contributed by atoms with van der Waals surface area (Å²) in [6, 6.07) is 2.26. The maximum absolute atomic E-state index is 12.9. The lowest BCUT2D eigenvalue weighted by atomic mass is 10.2. The lowest BCUT2D eigenvalue weighted by Crippen LogP contribution is -2.50. The Morgan fingerprint density at radius 3 is 2.36 bits per heavy atom. The van der Waals surface area contributed by atoms with Gasteiger partial charge in [-0.25, -0.2) is 8.42 Å². The molecule has 0 saturated carbocycles. The van der Waals surface area contributed by atoms with Crippen LogP contribution in [0.15, 0.2) is 23.1 Å². The summed E-state index contributed by atoms with van der Waals surface area (Å²) >= 11 is 5.88. The summed E-state index contributed by atoms with van der Waals surface area (Å²) in [4.78, 5) is 1.33. The molecule has 0 radical (unpaired) electrons. The first-order valence-electron chi connectivity index (χ1n) is 8.80. The summed E-state index contributed by atoms with van der Waals surface area (Å²) in [5.74, 6) is 0. The van der Waals surface area contributed by atoms with E-state index < -0.39 is 32.8 Å². The number of alkyl halides is 3. The fourth-order valence-electron chi connectivity index (χ4n) is 2.82. The predicted octanol–water partition coefficient (Wildman–Crippen LogP) is 2.45. The molecule has 1 unspecified atom stereocenters. The molecule has 1 heterocycles. The third-order valence-corrected chi connectivity index (χ3v) is 6.68. The van der Waals surface area contributed by atoms with Gasteiger partial charge in [0, 0.05) is 32.7 Å². The normalized spacial score (nSPS) is 18.6. The van der Waals surface area contributed by atoms with E-state index in [1.54, 1.807) is 0 Å². The van der Waals surface area contributed by atoms with Crippen molar-refractivity contribution in [2.24, 2.45) is 0 Å². The average molecular weight is 445 g/mol. The number of halogens is 4. The van der Waals surface area contributed by atoms with Crippen LogP contribution in [-0.4, -0.2) is 74.3 Å². The van der Waals surface area contributed by atoms with Crippen molar-refractivity contribution in [3.63, 3.8) is 0 Å². The predicted molar refractivity (Wildman–Crippen MR) is 98.7 cm³/mol. The van der Waals surface area contributed by atoms with E-state index in [2.05, 4.69) is 0 Å². The molecule has 1 atom stereocenters. The SMILES string of the molecule is CC(C)OCC(O)CN1CCN(S(=O)(=O)c2cc(C(F)(F)F)ccc2Cl)CC1. The smallest absolute Gasteiger partial charge is 0.389 e. The van der Waals surface area contributed by atoms with Crippen molar-refractivity contribution in [3.8, 4) is 0 Å². The van der Waals surface area contributed by atoms with Gasteiger partial charge in [0.05, 0.1) is 29.4 Å². The van der Waals surface area contributed by atoms with Crippen LogP contribution in [0.1, 0.15) is 19.4 Å². The molecule has 1 aliphatic rings. The van der Waals surface area contributed by atoms with Gasteiger partial charge < -0.3 is 9.84 Å². The van der Waals surface area contributed by atoms with Gasteiger partial charge in [-0.05, 0) is 32.0 Å². The third-order valence-electron chi connectivity index (χ3n) is 4.30. The Hall–Kier alpha value is -0.910. The van der Waals surface area contributed by atoms with Crippen molar-refractivity contribution in [2.45, 2.75) is 37.1 Å². The van der Waals surface area contributed by atoms with E-state index in [0.29, 0.717) is 25.7 Å². The molecule has 0 bridgehead atoms. The molecule has 0 spiro atoms. The number of hydrogen-bond acceptors (Lipinski definition) is 5. The molecule has 1 aromatic carbocycles. The minimum Gasteiger partial charge on any atom is -0.389 e. The molecule has 11 heteroatoms. The first-order valence-corrected chi connectivity index (χ1v) is 10.6. The van der Waals surface area contributed by atoms with E-state index in [1.165, 1.54) is 0 Å². The number of nitrogens with zero attached hydrogens (tertiary/aromatic N) is 2. The first-order chi connectivity index (χ1) is 12.9. The van der Waals surface area contributed by atoms with Crippen molar-refractivity contribution in [3.05, 3.63) is 28.8 Å². The van der Waals surface area contributed by atoms with Crippen molar-refractivity contribution < 1.29 is 31.4 Å². The molecule has 6 nitrogen and oxygen atoms in total. The van der Waals surface area contributed by atoms with Gasteiger partial charge in [-0.2, -0.15) is 17.5 Å². The van der Waals surface area contributed by atoms with Crippen molar-refractivity contribution in [2.75, 3.05) is 39.3 Å². The Balaban J connectivity index is 2.04. The number of rotatable bonds is 7. The van der Waals surface area contributed by atoms with Crippen molar-refractivity contribution in [1.29, 1.82) is 0 Å². The van der Waals surface area contributed by atoms with Crippen LogP contribution < -0.4 is 0 Å². The van der Waals surface area contributed by atoms with E-state index in [0.717, 1.165) is 16.4 Å². The average Bonchev–Trinajstić information content (AvgIpc) is 2.59. The van der Waals surface area contributed by atoms with Crippen LogP contribution in [0.25, 0.3) is 0 Å². The lowest BCUT2D eigenvalue weighted by Gasteiger charge is -2.35. The van der Waals surface area contributed by atoms with Gasteiger partial charge in [0.2, 0.25) is 10.0 Å². The Morgan fingerprint density at radius 2 is 1.82 bits per heavy atom. The van der Waals surface area contributed by atoms with Gasteiger partial charge in [0.1, 0.15) is 4.90 Å². The highest BCUT2D eigenvalue weighted by Crippen LogP contribution is 2.34. The van der Waals surface area contributed by atoms with Crippen molar-refractivity contribution >= 4 is 21.6 Å². The van der Waals surface area contributed by atoms with Crippen LogP contribution in [0.5, 0.6) is 0 Å². The summed E-state index contributed by atoms with van der Waals surface area (Å²) < 4.78 is 70.8. The second-order valence-corrected chi connectivity index (χ2v) is 9.20. The zero-order valence-corrected chi connectivity index (χ0v) is 17.2. The largest absolute Gasteiger partial charge is 0.416 e. The third kappa shape index (κ3) is 6.04. The molecule has 1 aromatic rings. The highest BCUT2D eigenvalue weighted by atomic mass is 35.5. The molecule has 0 aromatic heterocycles. The minimum atomic E-state index is -4.66. The second-order valence-electron chi connectivity index (χ2n) is 6.88. The Labute approximate surface area is 167 Å². The maximum Gasteiger partial charge on any atom is 0.416 e. The molecular formula is C17H24ClF3N2O4S. The minimum absolute atomic E-state index is 0.00569. The molecule has 1 aliphatic heterocycles. The summed E-state index contributed by atoms with van der Waals surface area (Å²) in [7, 11) is -4.16. The quantitative estimate of drug-likeness (QED) is 0.699. The molecule has 0 aliphatic carbocycles. The molecule has 28 heavy (non-hydrogen) atoms. The van der Waals surface area contributed by atoms with Gasteiger partial charge in [0.15, 0.2) is 0 Å². The van der Waals surface area contributed by atoms with E-state index in [9.17, 15) is 26.7 Å². The van der Waals surface area contributed by atoms with Gasteiger partial charge in [-0.1, -0.05) is 11.6 Å². The second kappa shape index (κ2) is 9.27. The van der Waals surface area contributed by atoms with Gasteiger partial charge in [0.25, 0.3) is 0 Å². The lowest BCUT2D eigenvalue weighted by molar-refractivity contribution is -0.137. The number of aliphatic hydroxyl groups is 1. The summed E-state index contributed by atoms with van der Waals surface area (Å²) in [5.41, 5.74) is -1.07. The van der Waals surface area contributed by atoms with E-state index in [1.807, 2.05) is 18.7 Å². The number of β-amino-alcohol motifs (C(OH)–C–C–N with tert-alkyl or cyclic N) is 1. The Morgan fingerprint density at radius 1 is 1.21 bits per heavy atom. The molecule has 2 rings (SSSR count). The van der Waals surface area contributed by atoms with Crippen LogP contribution in [0.3, 0.4) is 0 Å². The Kier molecular flexibility index (Phi) is 7.74. The van der Waals surface area contributed by atoms with E-state index in [-0.39, 0.29) is 30.8 Å². The highest BCUT2D eigenvalue weighted by Gasteiger charge is 2.35. The molecule has 1 saturated heterocycles. The molecular weight excluding hydrogens is 421 g/mol. The zero-order chi connectivity index (χ0) is 21.1. The molecule has 1 N–H and O–H groups in total. The van der Waals surface area contributed by atoms with Crippen molar-refractivity contribution in [1.82, 2.24) is 9.21 Å². The zero-order valence-electron chi connectivity index (χ0n) is 15.6. The van der Waals surface area contributed by atoms with Crippen LogP contribution in [-0.2, 0) is 20.9 Å².